The standard InChI is InChI=1S/C13H14FN3/c1-9-5-6-11(8-16-9)13(17-15)10-3-2-4-12(14)7-10/h2-8,13,17H,15H2,1H3. The molecule has 0 aliphatic rings. The van der Waals surface area contributed by atoms with E-state index in [1.807, 2.05) is 25.1 Å². The van der Waals surface area contributed by atoms with Crippen LogP contribution in [0.4, 0.5) is 4.39 Å². The SMILES string of the molecule is Cc1ccc(C(NN)c2cccc(F)c2)cn1. The van der Waals surface area contributed by atoms with Crippen molar-refractivity contribution >= 4 is 0 Å². The van der Waals surface area contributed by atoms with Crippen molar-refractivity contribution in [2.24, 2.45) is 5.84 Å². The van der Waals surface area contributed by atoms with Crippen molar-refractivity contribution in [1.82, 2.24) is 10.4 Å². The van der Waals surface area contributed by atoms with E-state index >= 15 is 0 Å². The molecule has 2 aromatic rings. The maximum absolute atomic E-state index is 13.2. The molecule has 0 radical (unpaired) electrons. The van der Waals surface area contributed by atoms with Gasteiger partial charge in [-0.25, -0.2) is 9.82 Å². The zero-order valence-corrected chi connectivity index (χ0v) is 9.52. The van der Waals surface area contributed by atoms with Gasteiger partial charge in [-0.05, 0) is 36.2 Å². The summed E-state index contributed by atoms with van der Waals surface area (Å²) in [6.45, 7) is 1.91. The number of benzene rings is 1. The van der Waals surface area contributed by atoms with Gasteiger partial charge in [0.1, 0.15) is 5.82 Å². The molecule has 1 heterocycles. The number of pyridine rings is 1. The summed E-state index contributed by atoms with van der Waals surface area (Å²) in [6.07, 6.45) is 1.74. The number of nitrogens with two attached hydrogens (primary N) is 1. The normalized spacial score (nSPS) is 12.4. The minimum Gasteiger partial charge on any atom is -0.271 e. The molecule has 1 aromatic carbocycles. The smallest absolute Gasteiger partial charge is 0.123 e. The number of nitrogens with one attached hydrogen (secondary N) is 1. The van der Waals surface area contributed by atoms with Crippen LogP contribution in [0.5, 0.6) is 0 Å². The lowest BCUT2D eigenvalue weighted by Crippen LogP contribution is -2.29. The molecule has 0 spiro atoms. The number of hydrazine groups is 1. The molecule has 0 saturated carbocycles. The van der Waals surface area contributed by atoms with Gasteiger partial charge in [0, 0.05) is 11.9 Å². The van der Waals surface area contributed by atoms with Gasteiger partial charge in [-0.3, -0.25) is 10.8 Å². The van der Waals surface area contributed by atoms with Crippen LogP contribution in [0.25, 0.3) is 0 Å². The fourth-order valence-electron chi connectivity index (χ4n) is 1.72. The first-order valence-corrected chi connectivity index (χ1v) is 5.35. The Hall–Kier alpha value is -1.78. The van der Waals surface area contributed by atoms with Crippen molar-refractivity contribution in [3.63, 3.8) is 0 Å². The summed E-state index contributed by atoms with van der Waals surface area (Å²) in [5.41, 5.74) is 5.29. The zero-order chi connectivity index (χ0) is 12.3. The Morgan fingerprint density at radius 1 is 1.24 bits per heavy atom. The largest absolute Gasteiger partial charge is 0.271 e. The van der Waals surface area contributed by atoms with Crippen molar-refractivity contribution in [2.45, 2.75) is 13.0 Å². The van der Waals surface area contributed by atoms with Crippen LogP contribution in [0, 0.1) is 12.7 Å². The van der Waals surface area contributed by atoms with Crippen LogP contribution in [0.3, 0.4) is 0 Å². The predicted octanol–water partition coefficient (Wildman–Crippen LogP) is 2.08. The van der Waals surface area contributed by atoms with E-state index in [1.165, 1.54) is 12.1 Å². The molecule has 1 unspecified atom stereocenters. The number of rotatable bonds is 3. The highest BCUT2D eigenvalue weighted by atomic mass is 19.1. The van der Waals surface area contributed by atoms with Crippen LogP contribution >= 0.6 is 0 Å². The van der Waals surface area contributed by atoms with Crippen molar-refractivity contribution in [3.8, 4) is 0 Å². The first-order chi connectivity index (χ1) is 8.20. The van der Waals surface area contributed by atoms with Crippen LogP contribution in [-0.4, -0.2) is 4.98 Å². The summed E-state index contributed by atoms with van der Waals surface area (Å²) in [5.74, 6) is 5.25. The van der Waals surface area contributed by atoms with Gasteiger partial charge in [0.05, 0.1) is 6.04 Å². The Bertz CT molecular complexity index is 496. The van der Waals surface area contributed by atoms with Crippen molar-refractivity contribution in [1.29, 1.82) is 0 Å². The summed E-state index contributed by atoms with van der Waals surface area (Å²) in [4.78, 5) is 4.21. The molecule has 0 fully saturated rings. The van der Waals surface area contributed by atoms with E-state index in [1.54, 1.807) is 12.3 Å². The van der Waals surface area contributed by atoms with E-state index in [9.17, 15) is 4.39 Å². The second kappa shape index (κ2) is 5.03. The molecule has 4 heteroatoms. The lowest BCUT2D eigenvalue weighted by molar-refractivity contribution is 0.604. The molecular formula is C13H14FN3. The number of nitrogens with zero attached hydrogens (tertiary/aromatic N) is 1. The van der Waals surface area contributed by atoms with E-state index < -0.39 is 0 Å². The van der Waals surface area contributed by atoms with Gasteiger partial charge >= 0.3 is 0 Å². The summed E-state index contributed by atoms with van der Waals surface area (Å²) < 4.78 is 13.2. The van der Waals surface area contributed by atoms with Crippen molar-refractivity contribution in [3.05, 3.63) is 65.2 Å². The first kappa shape index (κ1) is 11.7. The molecule has 0 aliphatic heterocycles. The van der Waals surface area contributed by atoms with Gasteiger partial charge in [-0.2, -0.15) is 0 Å². The van der Waals surface area contributed by atoms with Gasteiger partial charge in [-0.1, -0.05) is 18.2 Å². The molecule has 0 aliphatic carbocycles. The third-order valence-corrected chi connectivity index (χ3v) is 2.62. The number of hydrogen-bond acceptors (Lipinski definition) is 3. The molecule has 3 nitrogen and oxygen atoms in total. The molecule has 1 aromatic heterocycles. The van der Waals surface area contributed by atoms with Crippen molar-refractivity contribution in [2.75, 3.05) is 0 Å². The Morgan fingerprint density at radius 3 is 2.65 bits per heavy atom. The Kier molecular flexibility index (Phi) is 3.46. The molecule has 3 N–H and O–H groups in total. The first-order valence-electron chi connectivity index (χ1n) is 5.35. The maximum Gasteiger partial charge on any atom is 0.123 e. The monoisotopic (exact) mass is 231 g/mol. The molecule has 1 atom stereocenters. The van der Waals surface area contributed by atoms with E-state index in [2.05, 4.69) is 10.4 Å². The number of hydrogen-bond donors (Lipinski definition) is 2. The lowest BCUT2D eigenvalue weighted by atomic mass is 10.0. The van der Waals surface area contributed by atoms with Crippen molar-refractivity contribution < 1.29 is 4.39 Å². The third-order valence-electron chi connectivity index (χ3n) is 2.62. The molecule has 17 heavy (non-hydrogen) atoms. The summed E-state index contributed by atoms with van der Waals surface area (Å²) in [6, 6.07) is 9.94. The highest BCUT2D eigenvalue weighted by Gasteiger charge is 2.12. The van der Waals surface area contributed by atoms with E-state index in [-0.39, 0.29) is 11.9 Å². The molecule has 0 amide bonds. The van der Waals surface area contributed by atoms with Gasteiger partial charge < -0.3 is 0 Å². The summed E-state index contributed by atoms with van der Waals surface area (Å²) >= 11 is 0. The highest BCUT2D eigenvalue weighted by molar-refractivity contribution is 5.30. The summed E-state index contributed by atoms with van der Waals surface area (Å²) in [5, 5.41) is 0. The average molecular weight is 231 g/mol. The van der Waals surface area contributed by atoms with Crippen LogP contribution in [0.1, 0.15) is 22.9 Å². The number of aryl methyl sites for hydroxylation is 1. The fourth-order valence-corrected chi connectivity index (χ4v) is 1.72. The Morgan fingerprint density at radius 2 is 2.06 bits per heavy atom. The molecular weight excluding hydrogens is 217 g/mol. The molecule has 0 saturated heterocycles. The van der Waals surface area contributed by atoms with E-state index in [0.29, 0.717) is 0 Å². The van der Waals surface area contributed by atoms with Crippen LogP contribution in [0.2, 0.25) is 0 Å². The number of aromatic nitrogens is 1. The molecule has 88 valence electrons. The van der Waals surface area contributed by atoms with Crippen LogP contribution in [-0.2, 0) is 0 Å². The minimum absolute atomic E-state index is 0.251. The quantitative estimate of drug-likeness (QED) is 0.628. The zero-order valence-electron chi connectivity index (χ0n) is 9.52. The summed E-state index contributed by atoms with van der Waals surface area (Å²) in [7, 11) is 0. The van der Waals surface area contributed by atoms with E-state index in [4.69, 9.17) is 5.84 Å². The predicted molar refractivity (Wildman–Crippen MR) is 64.5 cm³/mol. The van der Waals surface area contributed by atoms with Gasteiger partial charge in [0.25, 0.3) is 0 Å². The van der Waals surface area contributed by atoms with Gasteiger partial charge in [-0.15, -0.1) is 0 Å². The van der Waals surface area contributed by atoms with Crippen LogP contribution in [0.15, 0.2) is 42.6 Å². The third kappa shape index (κ3) is 2.67. The second-order valence-corrected chi connectivity index (χ2v) is 3.89. The fraction of sp³-hybridized carbons (Fsp3) is 0.154. The van der Waals surface area contributed by atoms with Gasteiger partial charge in [0.2, 0.25) is 0 Å². The average Bonchev–Trinajstić information content (AvgIpc) is 2.33. The van der Waals surface area contributed by atoms with Crippen LogP contribution < -0.4 is 11.3 Å². The minimum atomic E-state index is -0.275. The highest BCUT2D eigenvalue weighted by Crippen LogP contribution is 2.21. The molecule has 2 rings (SSSR count). The van der Waals surface area contributed by atoms with Gasteiger partial charge in [0.15, 0.2) is 0 Å². The lowest BCUT2D eigenvalue weighted by Gasteiger charge is -2.16. The Labute approximate surface area is 99.5 Å². The maximum atomic E-state index is 13.2. The topological polar surface area (TPSA) is 50.9 Å². The Balaban J connectivity index is 2.36. The second-order valence-electron chi connectivity index (χ2n) is 3.89. The number of halogens is 1. The molecule has 0 bridgehead atoms. The van der Waals surface area contributed by atoms with E-state index in [0.717, 1.165) is 16.8 Å².